The Morgan fingerprint density at radius 3 is 2.00 bits per heavy atom. The van der Waals surface area contributed by atoms with Crippen LogP contribution in [0.5, 0.6) is 0 Å². The summed E-state index contributed by atoms with van der Waals surface area (Å²) in [4.78, 5) is 9.37. The minimum absolute atomic E-state index is 0.697. The molecule has 0 aliphatic heterocycles. The van der Waals surface area contributed by atoms with Gasteiger partial charge in [-0.1, -0.05) is 90.0 Å². The van der Waals surface area contributed by atoms with E-state index in [-0.39, 0.29) is 0 Å². The van der Waals surface area contributed by atoms with Crippen LogP contribution in [0.1, 0.15) is 11.1 Å². The Labute approximate surface area is 192 Å². The minimum Gasteiger partial charge on any atom is -0.453 e. The zero-order valence-electron chi connectivity index (χ0n) is 18.5. The highest BCUT2D eigenvalue weighted by molar-refractivity contribution is 6.02. The molecule has 6 aromatic rings. The van der Waals surface area contributed by atoms with E-state index in [1.807, 2.05) is 24.3 Å². The molecule has 0 N–H and O–H groups in total. The number of fused-ring (bicyclic) bond motifs is 3. The molecule has 4 aromatic carbocycles. The van der Waals surface area contributed by atoms with E-state index in [1.165, 1.54) is 33.4 Å². The molecular weight excluding hydrogens is 404 g/mol. The summed E-state index contributed by atoms with van der Waals surface area (Å²) in [5.41, 5.74) is 10.8. The van der Waals surface area contributed by atoms with Crippen molar-refractivity contribution in [1.82, 2.24) is 9.97 Å². The van der Waals surface area contributed by atoms with Crippen LogP contribution < -0.4 is 0 Å². The van der Waals surface area contributed by atoms with E-state index in [0.29, 0.717) is 11.4 Å². The van der Waals surface area contributed by atoms with Crippen molar-refractivity contribution in [3.8, 4) is 33.6 Å². The maximum absolute atomic E-state index is 5.87. The smallest absolute Gasteiger partial charge is 0.172 e. The van der Waals surface area contributed by atoms with Gasteiger partial charge < -0.3 is 4.42 Å². The largest absolute Gasteiger partial charge is 0.453 e. The lowest BCUT2D eigenvalue weighted by Gasteiger charge is -2.12. The first kappa shape index (κ1) is 19.4. The highest BCUT2D eigenvalue weighted by Gasteiger charge is 2.12. The quantitative estimate of drug-likeness (QED) is 0.288. The molecule has 0 amide bonds. The average molecular weight is 427 g/mol. The SMILES string of the molecule is Cc1cc(C)cc(-c2ccccc2-c2ccc(-c3ncc4oc5ccccc5c4n3)cc2)c1. The first-order valence-corrected chi connectivity index (χ1v) is 11.1. The number of furan rings is 1. The van der Waals surface area contributed by atoms with Gasteiger partial charge in [-0.15, -0.1) is 0 Å². The molecule has 33 heavy (non-hydrogen) atoms. The van der Waals surface area contributed by atoms with Crippen molar-refractivity contribution in [3.63, 3.8) is 0 Å². The predicted molar refractivity (Wildman–Crippen MR) is 135 cm³/mol. The van der Waals surface area contributed by atoms with Crippen LogP contribution in [0.2, 0.25) is 0 Å². The van der Waals surface area contributed by atoms with Crippen molar-refractivity contribution in [2.75, 3.05) is 0 Å². The Morgan fingerprint density at radius 1 is 0.606 bits per heavy atom. The number of aromatic nitrogens is 2. The molecule has 158 valence electrons. The van der Waals surface area contributed by atoms with Crippen molar-refractivity contribution in [3.05, 3.63) is 108 Å². The van der Waals surface area contributed by atoms with E-state index in [9.17, 15) is 0 Å². The average Bonchev–Trinajstić information content (AvgIpc) is 3.21. The molecule has 0 bridgehead atoms. The molecule has 0 spiro atoms. The van der Waals surface area contributed by atoms with Gasteiger partial charge in [0.05, 0.1) is 6.20 Å². The summed E-state index contributed by atoms with van der Waals surface area (Å²) in [5.74, 6) is 0.697. The molecule has 2 heterocycles. The molecule has 3 nitrogen and oxygen atoms in total. The van der Waals surface area contributed by atoms with E-state index < -0.39 is 0 Å². The number of nitrogens with zero attached hydrogens (tertiary/aromatic N) is 2. The molecule has 6 rings (SSSR count). The van der Waals surface area contributed by atoms with Gasteiger partial charge in [0.2, 0.25) is 0 Å². The number of benzene rings is 4. The molecule has 2 aromatic heterocycles. The van der Waals surface area contributed by atoms with Crippen LogP contribution in [0.15, 0.2) is 102 Å². The summed E-state index contributed by atoms with van der Waals surface area (Å²) >= 11 is 0. The van der Waals surface area contributed by atoms with Crippen LogP contribution in [0.4, 0.5) is 0 Å². The van der Waals surface area contributed by atoms with Crippen molar-refractivity contribution < 1.29 is 4.42 Å². The van der Waals surface area contributed by atoms with Gasteiger partial charge in [-0.05, 0) is 48.2 Å². The number of aryl methyl sites for hydroxylation is 2. The van der Waals surface area contributed by atoms with Crippen molar-refractivity contribution in [1.29, 1.82) is 0 Å². The fourth-order valence-electron chi connectivity index (χ4n) is 4.56. The van der Waals surface area contributed by atoms with Crippen molar-refractivity contribution >= 4 is 22.1 Å². The predicted octanol–water partition coefficient (Wildman–Crippen LogP) is 7.99. The molecule has 0 aliphatic rings. The summed E-state index contributed by atoms with van der Waals surface area (Å²) < 4.78 is 5.87. The van der Waals surface area contributed by atoms with E-state index in [4.69, 9.17) is 9.40 Å². The third kappa shape index (κ3) is 3.48. The van der Waals surface area contributed by atoms with Gasteiger partial charge in [-0.3, -0.25) is 0 Å². The Kier molecular flexibility index (Phi) is 4.55. The van der Waals surface area contributed by atoms with Crippen molar-refractivity contribution in [2.24, 2.45) is 0 Å². The van der Waals surface area contributed by atoms with Crippen LogP contribution in [0.25, 0.3) is 55.7 Å². The zero-order valence-corrected chi connectivity index (χ0v) is 18.5. The second-order valence-electron chi connectivity index (χ2n) is 8.50. The zero-order chi connectivity index (χ0) is 22.4. The molecule has 0 saturated heterocycles. The summed E-state index contributed by atoms with van der Waals surface area (Å²) in [6.45, 7) is 4.29. The second kappa shape index (κ2) is 7.72. The van der Waals surface area contributed by atoms with Crippen LogP contribution in [-0.4, -0.2) is 9.97 Å². The third-order valence-corrected chi connectivity index (χ3v) is 6.03. The van der Waals surface area contributed by atoms with E-state index in [1.54, 1.807) is 6.20 Å². The molecule has 0 unspecified atom stereocenters. The Hall–Kier alpha value is -4.24. The van der Waals surface area contributed by atoms with Crippen LogP contribution in [0, 0.1) is 13.8 Å². The molecule has 0 saturated carbocycles. The van der Waals surface area contributed by atoms with Gasteiger partial charge in [0.1, 0.15) is 11.1 Å². The molecule has 3 heteroatoms. The topological polar surface area (TPSA) is 38.9 Å². The van der Waals surface area contributed by atoms with Crippen LogP contribution in [0.3, 0.4) is 0 Å². The molecule has 0 radical (unpaired) electrons. The minimum atomic E-state index is 0.697. The monoisotopic (exact) mass is 426 g/mol. The second-order valence-corrected chi connectivity index (χ2v) is 8.50. The first-order chi connectivity index (χ1) is 16.2. The fraction of sp³-hybridized carbons (Fsp3) is 0.0667. The van der Waals surface area contributed by atoms with E-state index in [2.05, 4.69) is 85.6 Å². The van der Waals surface area contributed by atoms with Gasteiger partial charge in [0.15, 0.2) is 11.4 Å². The van der Waals surface area contributed by atoms with Gasteiger partial charge in [-0.25, -0.2) is 9.97 Å². The maximum atomic E-state index is 5.87. The third-order valence-electron chi connectivity index (χ3n) is 6.03. The Bertz CT molecular complexity index is 1610. The van der Waals surface area contributed by atoms with Gasteiger partial charge in [0, 0.05) is 10.9 Å². The first-order valence-electron chi connectivity index (χ1n) is 11.1. The van der Waals surface area contributed by atoms with Crippen LogP contribution >= 0.6 is 0 Å². The number of para-hydroxylation sites is 1. The lowest BCUT2D eigenvalue weighted by molar-refractivity contribution is 0.666. The lowest BCUT2D eigenvalue weighted by atomic mass is 9.92. The van der Waals surface area contributed by atoms with Crippen LogP contribution in [-0.2, 0) is 0 Å². The maximum Gasteiger partial charge on any atom is 0.172 e. The summed E-state index contributed by atoms with van der Waals surface area (Å²) in [6, 6.07) is 31.7. The summed E-state index contributed by atoms with van der Waals surface area (Å²) in [5, 5.41) is 1.01. The molecule has 0 atom stereocenters. The Balaban J connectivity index is 1.41. The molecular formula is C30H22N2O. The van der Waals surface area contributed by atoms with Gasteiger partial charge in [-0.2, -0.15) is 0 Å². The summed E-state index contributed by atoms with van der Waals surface area (Å²) in [7, 11) is 0. The number of hydrogen-bond donors (Lipinski definition) is 0. The molecule has 0 fully saturated rings. The highest BCUT2D eigenvalue weighted by Crippen LogP contribution is 2.34. The Morgan fingerprint density at radius 2 is 1.24 bits per heavy atom. The van der Waals surface area contributed by atoms with Gasteiger partial charge in [0.25, 0.3) is 0 Å². The normalized spacial score (nSPS) is 11.3. The van der Waals surface area contributed by atoms with Gasteiger partial charge >= 0.3 is 0 Å². The van der Waals surface area contributed by atoms with E-state index in [0.717, 1.165) is 22.0 Å². The van der Waals surface area contributed by atoms with E-state index >= 15 is 0 Å². The lowest BCUT2D eigenvalue weighted by Crippen LogP contribution is -1.90. The summed E-state index contributed by atoms with van der Waals surface area (Å²) in [6.07, 6.45) is 1.76. The number of rotatable bonds is 3. The standard InChI is InChI=1S/C30H22N2O/c1-19-15-20(2)17-23(16-19)25-8-4-3-7-24(25)21-11-13-22(14-12-21)30-31-18-28-29(32-30)26-9-5-6-10-27(26)33-28/h3-18H,1-2H3. The molecule has 0 aliphatic carbocycles. The number of hydrogen-bond acceptors (Lipinski definition) is 3. The van der Waals surface area contributed by atoms with Crippen molar-refractivity contribution in [2.45, 2.75) is 13.8 Å². The fourth-order valence-corrected chi connectivity index (χ4v) is 4.56. The highest BCUT2D eigenvalue weighted by atomic mass is 16.3.